The van der Waals surface area contributed by atoms with Crippen molar-refractivity contribution in [1.29, 1.82) is 0 Å². The van der Waals surface area contributed by atoms with E-state index in [0.29, 0.717) is 0 Å². The van der Waals surface area contributed by atoms with Crippen molar-refractivity contribution in [3.8, 4) is 0 Å². The van der Waals surface area contributed by atoms with Crippen LogP contribution in [0.2, 0.25) is 0 Å². The fourth-order valence-corrected chi connectivity index (χ4v) is 2.83. The molecule has 2 rings (SSSR count). The lowest BCUT2D eigenvalue weighted by Crippen LogP contribution is -2.13. The van der Waals surface area contributed by atoms with E-state index in [0.717, 1.165) is 25.6 Å². The molecule has 1 aromatic heterocycles. The molecule has 0 radical (unpaired) electrons. The zero-order chi connectivity index (χ0) is 14.4. The van der Waals surface area contributed by atoms with Gasteiger partial charge in [0, 0.05) is 24.8 Å². The van der Waals surface area contributed by atoms with Crippen molar-refractivity contribution in [3.05, 3.63) is 36.0 Å². The number of hydrogen-bond donors (Lipinski definition) is 1. The molecule has 0 amide bonds. The van der Waals surface area contributed by atoms with Crippen LogP contribution in [0.4, 0.5) is 0 Å². The second kappa shape index (κ2) is 7.49. The summed E-state index contributed by atoms with van der Waals surface area (Å²) in [5.74, 6) is 0.748. The topological polar surface area (TPSA) is 17.0 Å². The Morgan fingerprint density at radius 3 is 2.75 bits per heavy atom. The summed E-state index contributed by atoms with van der Waals surface area (Å²) in [6.45, 7) is 10.0. The monoisotopic (exact) mass is 272 g/mol. The van der Waals surface area contributed by atoms with E-state index in [1.165, 1.54) is 35.7 Å². The summed E-state index contributed by atoms with van der Waals surface area (Å²) in [7, 11) is 0. The van der Waals surface area contributed by atoms with Crippen LogP contribution in [0.3, 0.4) is 0 Å². The highest BCUT2D eigenvalue weighted by Gasteiger charge is 2.06. The van der Waals surface area contributed by atoms with Crippen LogP contribution < -0.4 is 5.32 Å². The van der Waals surface area contributed by atoms with E-state index in [9.17, 15) is 0 Å². The Morgan fingerprint density at radius 2 is 2.00 bits per heavy atom. The first kappa shape index (κ1) is 15.1. The molecule has 0 saturated heterocycles. The predicted molar refractivity (Wildman–Crippen MR) is 88.0 cm³/mol. The van der Waals surface area contributed by atoms with E-state index < -0.39 is 0 Å². The first-order valence-electron chi connectivity index (χ1n) is 8.03. The molecule has 1 unspecified atom stereocenters. The molecular formula is C18H28N2. The molecule has 0 aliphatic rings. The molecule has 1 aromatic carbocycles. The second-order valence-electron chi connectivity index (χ2n) is 5.93. The zero-order valence-corrected chi connectivity index (χ0v) is 13.2. The Balaban J connectivity index is 2.12. The van der Waals surface area contributed by atoms with Crippen LogP contribution in [0.1, 0.15) is 45.6 Å². The van der Waals surface area contributed by atoms with Gasteiger partial charge in [-0.2, -0.15) is 0 Å². The van der Waals surface area contributed by atoms with Gasteiger partial charge in [-0.3, -0.25) is 0 Å². The van der Waals surface area contributed by atoms with E-state index in [1.807, 2.05) is 0 Å². The summed E-state index contributed by atoms with van der Waals surface area (Å²) in [5.41, 5.74) is 2.76. The quantitative estimate of drug-likeness (QED) is 0.696. The van der Waals surface area contributed by atoms with Crippen molar-refractivity contribution in [1.82, 2.24) is 9.88 Å². The zero-order valence-electron chi connectivity index (χ0n) is 13.2. The van der Waals surface area contributed by atoms with Gasteiger partial charge < -0.3 is 9.88 Å². The molecule has 2 heteroatoms. The summed E-state index contributed by atoms with van der Waals surface area (Å²) in [4.78, 5) is 0. The van der Waals surface area contributed by atoms with Crippen LogP contribution in [-0.4, -0.2) is 11.1 Å². The first-order valence-corrected chi connectivity index (χ1v) is 8.03. The molecule has 1 atom stereocenters. The Morgan fingerprint density at radius 1 is 1.15 bits per heavy atom. The van der Waals surface area contributed by atoms with E-state index in [1.54, 1.807) is 0 Å². The van der Waals surface area contributed by atoms with Crippen LogP contribution in [-0.2, 0) is 13.1 Å². The van der Waals surface area contributed by atoms with Gasteiger partial charge in [0.15, 0.2) is 0 Å². The van der Waals surface area contributed by atoms with Gasteiger partial charge in [-0.1, -0.05) is 39.3 Å². The van der Waals surface area contributed by atoms with E-state index in [4.69, 9.17) is 0 Å². The van der Waals surface area contributed by atoms with Crippen LogP contribution >= 0.6 is 0 Å². The minimum atomic E-state index is 0.748. The van der Waals surface area contributed by atoms with Crippen molar-refractivity contribution in [2.75, 3.05) is 6.54 Å². The highest BCUT2D eigenvalue weighted by atomic mass is 15.0. The molecule has 20 heavy (non-hydrogen) atoms. The maximum Gasteiger partial charge on any atom is 0.0483 e. The summed E-state index contributed by atoms with van der Waals surface area (Å²) < 4.78 is 2.42. The van der Waals surface area contributed by atoms with Crippen LogP contribution in [0.25, 0.3) is 10.9 Å². The lowest BCUT2D eigenvalue weighted by Gasteiger charge is -2.13. The molecule has 2 nitrogen and oxygen atoms in total. The van der Waals surface area contributed by atoms with E-state index >= 15 is 0 Å². The van der Waals surface area contributed by atoms with E-state index in [-0.39, 0.29) is 0 Å². The standard InChI is InChI=1S/C18H28N2/c1-4-6-15(3)14-20-11-9-17-8-7-16(12-18(17)20)13-19-10-5-2/h7-9,11-12,15,19H,4-6,10,13-14H2,1-3H3. The Bertz CT molecular complexity index is 527. The fraction of sp³-hybridized carbons (Fsp3) is 0.556. The van der Waals surface area contributed by atoms with Crippen LogP contribution in [0.15, 0.2) is 30.5 Å². The number of nitrogens with one attached hydrogen (secondary N) is 1. The van der Waals surface area contributed by atoms with Gasteiger partial charge in [-0.15, -0.1) is 0 Å². The lowest BCUT2D eigenvalue weighted by atomic mass is 10.1. The highest BCUT2D eigenvalue weighted by molar-refractivity contribution is 5.80. The van der Waals surface area contributed by atoms with Gasteiger partial charge in [0.1, 0.15) is 0 Å². The fourth-order valence-electron chi connectivity index (χ4n) is 2.83. The first-order chi connectivity index (χ1) is 9.74. The minimum Gasteiger partial charge on any atom is -0.347 e. The number of hydrogen-bond acceptors (Lipinski definition) is 1. The molecule has 0 saturated carbocycles. The summed E-state index contributed by atoms with van der Waals surface area (Å²) in [5, 5.41) is 4.83. The van der Waals surface area contributed by atoms with Crippen molar-refractivity contribution >= 4 is 10.9 Å². The van der Waals surface area contributed by atoms with Gasteiger partial charge in [-0.05, 0) is 48.4 Å². The molecule has 0 bridgehead atoms. The Kier molecular flexibility index (Phi) is 5.66. The third-order valence-corrected chi connectivity index (χ3v) is 3.88. The molecule has 1 heterocycles. The third-order valence-electron chi connectivity index (χ3n) is 3.88. The van der Waals surface area contributed by atoms with Crippen LogP contribution in [0, 0.1) is 5.92 Å². The molecule has 0 aliphatic carbocycles. The third kappa shape index (κ3) is 3.86. The second-order valence-corrected chi connectivity index (χ2v) is 5.93. The molecule has 2 aromatic rings. The van der Waals surface area contributed by atoms with Gasteiger partial charge in [-0.25, -0.2) is 0 Å². The maximum atomic E-state index is 3.48. The largest absolute Gasteiger partial charge is 0.347 e. The van der Waals surface area contributed by atoms with Gasteiger partial charge in [0.2, 0.25) is 0 Å². The summed E-state index contributed by atoms with van der Waals surface area (Å²) in [6.07, 6.45) is 6.00. The van der Waals surface area contributed by atoms with Gasteiger partial charge >= 0.3 is 0 Å². The highest BCUT2D eigenvalue weighted by Crippen LogP contribution is 2.20. The summed E-state index contributed by atoms with van der Waals surface area (Å²) >= 11 is 0. The average molecular weight is 272 g/mol. The Hall–Kier alpha value is -1.28. The maximum absolute atomic E-state index is 3.48. The molecule has 0 aliphatic heterocycles. The molecule has 0 spiro atoms. The van der Waals surface area contributed by atoms with Crippen LogP contribution in [0.5, 0.6) is 0 Å². The SMILES string of the molecule is CCCNCc1ccc2ccn(CC(C)CCC)c2c1. The number of aromatic nitrogens is 1. The van der Waals surface area contributed by atoms with Gasteiger partial charge in [0.25, 0.3) is 0 Å². The normalized spacial score (nSPS) is 12.9. The van der Waals surface area contributed by atoms with Gasteiger partial charge in [0.05, 0.1) is 0 Å². The molecule has 0 fully saturated rings. The molecule has 110 valence electrons. The van der Waals surface area contributed by atoms with Crippen molar-refractivity contribution < 1.29 is 0 Å². The Labute approximate surface area is 123 Å². The average Bonchev–Trinajstić information content (AvgIpc) is 2.82. The predicted octanol–water partition coefficient (Wildman–Crippen LogP) is 4.58. The lowest BCUT2D eigenvalue weighted by molar-refractivity contribution is 0.453. The number of rotatable bonds is 8. The smallest absolute Gasteiger partial charge is 0.0483 e. The van der Waals surface area contributed by atoms with E-state index in [2.05, 4.69) is 61.1 Å². The molecule has 1 N–H and O–H groups in total. The number of nitrogens with zero attached hydrogens (tertiary/aromatic N) is 1. The number of benzene rings is 1. The van der Waals surface area contributed by atoms with Crippen molar-refractivity contribution in [2.24, 2.45) is 5.92 Å². The van der Waals surface area contributed by atoms with Crippen molar-refractivity contribution in [3.63, 3.8) is 0 Å². The summed E-state index contributed by atoms with van der Waals surface area (Å²) in [6, 6.07) is 9.07. The minimum absolute atomic E-state index is 0.748. The van der Waals surface area contributed by atoms with Crippen molar-refractivity contribution in [2.45, 2.75) is 53.1 Å². The molecular weight excluding hydrogens is 244 g/mol. The number of fused-ring (bicyclic) bond motifs is 1.